The maximum atomic E-state index is 15.7. The van der Waals surface area contributed by atoms with Crippen LogP contribution in [-0.4, -0.2) is 68.9 Å². The third-order valence-corrected chi connectivity index (χ3v) is 8.99. The molecule has 11 nitrogen and oxygen atoms in total. The molecule has 0 saturated heterocycles. The highest BCUT2D eigenvalue weighted by Gasteiger charge is 2.59. The summed E-state index contributed by atoms with van der Waals surface area (Å²) in [4.78, 5) is 28.8. The fourth-order valence-electron chi connectivity index (χ4n) is 6.34. The first-order valence-electron chi connectivity index (χ1n) is 14.7. The topological polar surface area (TPSA) is 136 Å². The monoisotopic (exact) mass is 634 g/mol. The van der Waals surface area contributed by atoms with Crippen LogP contribution in [0, 0.1) is 5.82 Å². The lowest BCUT2D eigenvalue weighted by Gasteiger charge is -2.44. The van der Waals surface area contributed by atoms with Gasteiger partial charge in [0.2, 0.25) is 27.7 Å². The highest BCUT2D eigenvalue weighted by Crippen LogP contribution is 2.60. The molecule has 45 heavy (non-hydrogen) atoms. The highest BCUT2D eigenvalue weighted by atomic mass is 32.2. The van der Waals surface area contributed by atoms with Crippen molar-refractivity contribution < 1.29 is 27.1 Å². The number of nitrogens with one attached hydrogen (secondary N) is 2. The molecular formula is C32H35FN6O5S. The summed E-state index contributed by atoms with van der Waals surface area (Å²) in [6, 6.07) is 10.4. The van der Waals surface area contributed by atoms with Gasteiger partial charge in [-0.1, -0.05) is 19.9 Å². The molecule has 4 aromatic rings. The minimum atomic E-state index is -3.70. The second kappa shape index (κ2) is 11.5. The molecule has 1 amide bonds. The van der Waals surface area contributed by atoms with Crippen LogP contribution in [0.1, 0.15) is 43.9 Å². The van der Waals surface area contributed by atoms with E-state index in [-0.39, 0.29) is 41.6 Å². The lowest BCUT2D eigenvalue weighted by Crippen LogP contribution is -2.48. The van der Waals surface area contributed by atoms with Crippen LogP contribution in [-0.2, 0) is 20.2 Å². The van der Waals surface area contributed by atoms with Crippen LogP contribution in [0.25, 0.3) is 22.0 Å². The molecule has 2 aliphatic rings. The number of hydrogen-bond donors (Lipinski definition) is 2. The molecule has 1 fully saturated rings. The van der Waals surface area contributed by atoms with E-state index in [9.17, 15) is 13.2 Å². The Bertz CT molecular complexity index is 1910. The minimum absolute atomic E-state index is 0.0356. The lowest BCUT2D eigenvalue weighted by molar-refractivity contribution is -0.126. The molecule has 0 atom stereocenters. The molecule has 1 aliphatic carbocycles. The second-order valence-electron chi connectivity index (χ2n) is 11.9. The van der Waals surface area contributed by atoms with E-state index in [4.69, 9.17) is 9.47 Å². The van der Waals surface area contributed by atoms with Crippen molar-refractivity contribution in [1.82, 2.24) is 20.3 Å². The predicted octanol–water partition coefficient (Wildman–Crippen LogP) is 4.38. The fraction of sp³-hybridized carbons (Fsp3) is 0.375. The van der Waals surface area contributed by atoms with Gasteiger partial charge in [-0.15, -0.1) is 0 Å². The summed E-state index contributed by atoms with van der Waals surface area (Å²) in [5.74, 6) is 0.0441. The standard InChI is InChI=1S/C32H35FN6O5S/c1-18(2)34-9-10-44-30-26(38-45(5,41)42)11-19(16-36-30)21-12-22-25(13-23(21)33)35-17-27-29(22)32(31(40)39(27)3)14-20(15-32)24-7-6-8-28(37-24)43-4/h6-8,11-13,16-18,20,34,38H,9-10,14-15H2,1-5H3/t20-,32+. The number of amides is 1. The van der Waals surface area contributed by atoms with Crippen molar-refractivity contribution in [3.8, 4) is 22.9 Å². The number of sulfonamides is 1. The van der Waals surface area contributed by atoms with Gasteiger partial charge in [0.05, 0.1) is 36.2 Å². The Balaban J connectivity index is 1.40. The number of carbonyl (C=O) groups excluding carboxylic acids is 1. The van der Waals surface area contributed by atoms with Crippen LogP contribution in [0.15, 0.2) is 48.8 Å². The highest BCUT2D eigenvalue weighted by molar-refractivity contribution is 7.92. The van der Waals surface area contributed by atoms with Gasteiger partial charge >= 0.3 is 0 Å². The van der Waals surface area contributed by atoms with Gasteiger partial charge in [-0.05, 0) is 31.0 Å². The Kier molecular flexibility index (Phi) is 7.86. The van der Waals surface area contributed by atoms with Gasteiger partial charge in [-0.3, -0.25) is 14.5 Å². The number of methoxy groups -OCH3 is 1. The van der Waals surface area contributed by atoms with Gasteiger partial charge < -0.3 is 19.7 Å². The number of benzene rings is 1. The summed E-state index contributed by atoms with van der Waals surface area (Å²) in [6.07, 6.45) is 5.17. The Labute approximate surface area is 261 Å². The van der Waals surface area contributed by atoms with Crippen LogP contribution >= 0.6 is 0 Å². The molecule has 6 rings (SSSR count). The molecule has 1 saturated carbocycles. The van der Waals surface area contributed by atoms with Crippen molar-refractivity contribution in [2.75, 3.05) is 43.2 Å². The zero-order valence-corrected chi connectivity index (χ0v) is 26.5. The summed E-state index contributed by atoms with van der Waals surface area (Å²) < 4.78 is 53.6. The van der Waals surface area contributed by atoms with Crippen molar-refractivity contribution in [1.29, 1.82) is 0 Å². The maximum Gasteiger partial charge on any atom is 0.238 e. The maximum absolute atomic E-state index is 15.7. The van der Waals surface area contributed by atoms with Crippen LogP contribution in [0.3, 0.4) is 0 Å². The molecule has 3 aromatic heterocycles. The molecule has 2 N–H and O–H groups in total. The van der Waals surface area contributed by atoms with Crippen LogP contribution in [0.4, 0.5) is 15.8 Å². The first-order chi connectivity index (χ1) is 21.4. The summed E-state index contributed by atoms with van der Waals surface area (Å²) in [6.45, 7) is 4.79. The van der Waals surface area contributed by atoms with Crippen molar-refractivity contribution in [2.24, 2.45) is 0 Å². The lowest BCUT2D eigenvalue weighted by atomic mass is 9.57. The number of likely N-dealkylation sites (N-methyl/N-ethyl adjacent to an activating group) is 1. The second-order valence-corrected chi connectivity index (χ2v) is 13.7. The third kappa shape index (κ3) is 5.66. The quantitative estimate of drug-likeness (QED) is 0.244. The van der Waals surface area contributed by atoms with Gasteiger partial charge in [0.25, 0.3) is 0 Å². The zero-order chi connectivity index (χ0) is 32.1. The summed E-state index contributed by atoms with van der Waals surface area (Å²) >= 11 is 0. The van der Waals surface area contributed by atoms with Gasteiger partial charge in [0.1, 0.15) is 18.1 Å². The average Bonchev–Trinajstić information content (AvgIpc) is 3.20. The molecule has 1 aromatic carbocycles. The average molecular weight is 635 g/mol. The van der Waals surface area contributed by atoms with Crippen molar-refractivity contribution >= 4 is 38.2 Å². The number of nitrogens with zero attached hydrogens (tertiary/aromatic N) is 4. The molecule has 13 heteroatoms. The number of hydrogen-bond acceptors (Lipinski definition) is 9. The summed E-state index contributed by atoms with van der Waals surface area (Å²) in [7, 11) is -0.400. The molecule has 1 aliphatic heterocycles. The number of ether oxygens (including phenoxy) is 2. The SMILES string of the molecule is COc1cccc([C@H]2C[C@]3(C2)C(=O)N(C)c2cnc4cc(F)c(-c5cnc(OCCNC(C)C)c(NS(C)(=O)=O)c5)cc4c23)n1. The normalized spacial score (nSPS) is 19.2. The van der Waals surface area contributed by atoms with Crippen LogP contribution in [0.5, 0.6) is 11.8 Å². The van der Waals surface area contributed by atoms with Gasteiger partial charge in [-0.2, -0.15) is 0 Å². The van der Waals surface area contributed by atoms with E-state index in [0.717, 1.165) is 17.5 Å². The van der Waals surface area contributed by atoms with Gasteiger partial charge in [-0.25, -0.2) is 22.8 Å². The minimum Gasteiger partial charge on any atom is -0.481 e. The number of aromatic nitrogens is 3. The van der Waals surface area contributed by atoms with Crippen LogP contribution in [0.2, 0.25) is 0 Å². The first kappa shape index (κ1) is 30.7. The van der Waals surface area contributed by atoms with Gasteiger partial charge in [0, 0.05) is 71.7 Å². The predicted molar refractivity (Wildman–Crippen MR) is 170 cm³/mol. The van der Waals surface area contributed by atoms with Crippen LogP contribution < -0.4 is 24.4 Å². The third-order valence-electron chi connectivity index (χ3n) is 8.40. The van der Waals surface area contributed by atoms with E-state index in [0.29, 0.717) is 47.4 Å². The van der Waals surface area contributed by atoms with Crippen molar-refractivity contribution in [3.63, 3.8) is 0 Å². The Morgan fingerprint density at radius 3 is 2.64 bits per heavy atom. The van der Waals surface area contributed by atoms with E-state index in [1.165, 1.54) is 18.3 Å². The number of anilines is 2. The number of pyridine rings is 3. The fourth-order valence-corrected chi connectivity index (χ4v) is 6.89. The molecule has 0 bridgehead atoms. The van der Waals surface area contributed by atoms with Crippen molar-refractivity contribution in [3.05, 3.63) is 65.9 Å². The molecular weight excluding hydrogens is 599 g/mol. The van der Waals surface area contributed by atoms with E-state index in [1.54, 1.807) is 37.4 Å². The van der Waals surface area contributed by atoms with Crippen molar-refractivity contribution in [2.45, 2.75) is 44.1 Å². The van der Waals surface area contributed by atoms with E-state index in [2.05, 4.69) is 25.0 Å². The Morgan fingerprint density at radius 1 is 1.16 bits per heavy atom. The largest absolute Gasteiger partial charge is 0.481 e. The zero-order valence-electron chi connectivity index (χ0n) is 25.7. The number of carbonyl (C=O) groups is 1. The molecule has 4 heterocycles. The first-order valence-corrected chi connectivity index (χ1v) is 16.6. The molecule has 0 unspecified atom stereocenters. The summed E-state index contributed by atoms with van der Waals surface area (Å²) in [5, 5.41) is 3.87. The van der Waals surface area contributed by atoms with E-state index < -0.39 is 21.3 Å². The Hall–Kier alpha value is -4.36. The molecule has 1 spiro atoms. The number of fused-ring (bicyclic) bond motifs is 4. The van der Waals surface area contributed by atoms with E-state index in [1.807, 2.05) is 26.0 Å². The summed E-state index contributed by atoms with van der Waals surface area (Å²) in [5.41, 5.74) is 2.57. The smallest absolute Gasteiger partial charge is 0.238 e. The van der Waals surface area contributed by atoms with E-state index >= 15 is 4.39 Å². The van der Waals surface area contributed by atoms with Gasteiger partial charge in [0.15, 0.2) is 0 Å². The Morgan fingerprint density at radius 2 is 1.93 bits per heavy atom. The number of halogens is 1. The number of rotatable bonds is 10. The molecule has 236 valence electrons. The molecule has 0 radical (unpaired) electrons.